The van der Waals surface area contributed by atoms with E-state index in [1.807, 2.05) is 36.4 Å². The van der Waals surface area contributed by atoms with Crippen molar-refractivity contribution >= 4 is 11.0 Å². The highest BCUT2D eigenvalue weighted by Crippen LogP contribution is 2.60. The molecule has 214 valence electrons. The lowest BCUT2D eigenvalue weighted by Crippen LogP contribution is -2.33. The number of aromatic nitrogens is 4. The Morgan fingerprint density at radius 1 is 0.435 bits per heavy atom. The fourth-order valence-corrected chi connectivity index (χ4v) is 7.82. The molecule has 1 spiro atoms. The zero-order chi connectivity index (χ0) is 30.2. The molecule has 0 saturated carbocycles. The summed E-state index contributed by atoms with van der Waals surface area (Å²) in [4.78, 5) is 15.6. The van der Waals surface area contributed by atoms with Gasteiger partial charge in [-0.1, -0.05) is 140 Å². The predicted octanol–water partition coefficient (Wildman–Crippen LogP) is 9.49. The van der Waals surface area contributed by atoms with Crippen molar-refractivity contribution in [2.24, 2.45) is 0 Å². The van der Waals surface area contributed by atoms with E-state index in [1.54, 1.807) is 0 Å². The Balaban J connectivity index is 1.32. The van der Waals surface area contributed by atoms with Gasteiger partial charge in [0.15, 0.2) is 11.6 Å². The molecular formula is C42H26N4. The topological polar surface area (TPSA) is 43.6 Å². The van der Waals surface area contributed by atoms with Gasteiger partial charge in [0, 0.05) is 11.1 Å². The van der Waals surface area contributed by atoms with Crippen LogP contribution >= 0.6 is 0 Å². The average Bonchev–Trinajstić information content (AvgIpc) is 3.67. The molecule has 10 rings (SSSR count). The second-order valence-electron chi connectivity index (χ2n) is 12.0. The standard InChI is InChI=1S/C42H26N4/c1-3-14-27(15-4-1)36-26-37(44-40(43-36)28-16-5-2-6-17-28)41-45-35-24-13-23-34-39(35)46(41)38-25-12-11-22-33(38)42(34)31-20-9-7-18-29(31)30-19-8-10-21-32(30)42/h1-26H. The average molecular weight is 587 g/mol. The molecule has 0 atom stereocenters. The Hall–Kier alpha value is -6.13. The van der Waals surface area contributed by atoms with E-state index >= 15 is 0 Å². The van der Waals surface area contributed by atoms with Gasteiger partial charge in [-0.15, -0.1) is 0 Å². The highest BCUT2D eigenvalue weighted by Gasteiger charge is 2.50. The molecule has 0 radical (unpaired) electrons. The van der Waals surface area contributed by atoms with Crippen molar-refractivity contribution in [1.29, 1.82) is 0 Å². The molecule has 0 N–H and O–H groups in total. The molecule has 6 aromatic carbocycles. The summed E-state index contributed by atoms with van der Waals surface area (Å²) < 4.78 is 2.33. The number of imidazole rings is 1. The maximum atomic E-state index is 5.36. The van der Waals surface area contributed by atoms with Crippen LogP contribution < -0.4 is 0 Å². The monoisotopic (exact) mass is 586 g/mol. The zero-order valence-corrected chi connectivity index (χ0v) is 24.8. The van der Waals surface area contributed by atoms with E-state index in [-0.39, 0.29) is 0 Å². The molecule has 0 bridgehead atoms. The zero-order valence-electron chi connectivity index (χ0n) is 24.8. The summed E-state index contributed by atoms with van der Waals surface area (Å²) >= 11 is 0. The maximum absolute atomic E-state index is 5.36. The van der Waals surface area contributed by atoms with Crippen molar-refractivity contribution in [3.8, 4) is 51.0 Å². The van der Waals surface area contributed by atoms with Gasteiger partial charge in [0.25, 0.3) is 0 Å². The molecule has 4 heteroatoms. The smallest absolute Gasteiger partial charge is 0.164 e. The molecule has 0 fully saturated rings. The molecule has 1 aliphatic heterocycles. The van der Waals surface area contributed by atoms with Crippen LogP contribution in [0.2, 0.25) is 0 Å². The van der Waals surface area contributed by atoms with Crippen LogP contribution in [-0.4, -0.2) is 19.5 Å². The van der Waals surface area contributed by atoms with Gasteiger partial charge in [-0.2, -0.15) is 0 Å². The Labute approximate surface area is 266 Å². The van der Waals surface area contributed by atoms with Crippen molar-refractivity contribution < 1.29 is 0 Å². The largest absolute Gasteiger partial charge is 0.290 e. The lowest BCUT2D eigenvalue weighted by molar-refractivity contribution is 0.745. The van der Waals surface area contributed by atoms with E-state index in [2.05, 4.69) is 126 Å². The van der Waals surface area contributed by atoms with Gasteiger partial charge in [0.05, 0.1) is 27.8 Å². The molecule has 46 heavy (non-hydrogen) atoms. The second-order valence-corrected chi connectivity index (χ2v) is 12.0. The summed E-state index contributed by atoms with van der Waals surface area (Å²) in [5, 5.41) is 0. The molecule has 0 unspecified atom stereocenters. The lowest BCUT2D eigenvalue weighted by Gasteiger charge is -2.39. The number of hydrogen-bond donors (Lipinski definition) is 0. The third-order valence-corrected chi connectivity index (χ3v) is 9.64. The number of nitrogens with zero attached hydrogens (tertiary/aromatic N) is 4. The molecule has 2 aliphatic rings. The molecular weight excluding hydrogens is 560 g/mol. The third-order valence-electron chi connectivity index (χ3n) is 9.64. The molecule has 1 aliphatic carbocycles. The van der Waals surface area contributed by atoms with Crippen LogP contribution in [0.25, 0.3) is 62.0 Å². The van der Waals surface area contributed by atoms with Gasteiger partial charge in [-0.3, -0.25) is 4.57 Å². The van der Waals surface area contributed by atoms with Crippen LogP contribution in [0.5, 0.6) is 0 Å². The Kier molecular flexibility index (Phi) is 5.17. The van der Waals surface area contributed by atoms with E-state index in [4.69, 9.17) is 15.0 Å². The van der Waals surface area contributed by atoms with Gasteiger partial charge in [0.2, 0.25) is 0 Å². The normalized spacial score (nSPS) is 13.4. The first-order valence-corrected chi connectivity index (χ1v) is 15.6. The first kappa shape index (κ1) is 25.2. The minimum atomic E-state index is -0.466. The van der Waals surface area contributed by atoms with E-state index in [0.29, 0.717) is 5.82 Å². The second kappa shape index (κ2) is 9.43. The Bertz CT molecular complexity index is 2370. The number of fused-ring (bicyclic) bond motifs is 9. The van der Waals surface area contributed by atoms with Crippen LogP contribution in [0.4, 0.5) is 0 Å². The fourth-order valence-electron chi connectivity index (χ4n) is 7.82. The van der Waals surface area contributed by atoms with E-state index in [0.717, 1.165) is 45.1 Å². The molecule has 8 aromatic rings. The summed E-state index contributed by atoms with van der Waals surface area (Å²) in [6.07, 6.45) is 0. The maximum Gasteiger partial charge on any atom is 0.164 e. The predicted molar refractivity (Wildman–Crippen MR) is 184 cm³/mol. The van der Waals surface area contributed by atoms with Gasteiger partial charge in [0.1, 0.15) is 5.69 Å². The van der Waals surface area contributed by atoms with E-state index in [9.17, 15) is 0 Å². The first-order chi connectivity index (χ1) is 22.8. The number of benzene rings is 6. The van der Waals surface area contributed by atoms with Crippen LogP contribution in [0, 0.1) is 0 Å². The van der Waals surface area contributed by atoms with Crippen LogP contribution in [-0.2, 0) is 5.41 Å². The summed E-state index contributed by atoms with van der Waals surface area (Å²) in [5.74, 6) is 1.48. The quantitative estimate of drug-likeness (QED) is 0.207. The van der Waals surface area contributed by atoms with E-state index < -0.39 is 5.41 Å². The number of para-hydroxylation sites is 2. The highest BCUT2D eigenvalue weighted by molar-refractivity contribution is 5.97. The lowest BCUT2D eigenvalue weighted by atomic mass is 9.65. The minimum Gasteiger partial charge on any atom is -0.290 e. The Morgan fingerprint density at radius 3 is 1.72 bits per heavy atom. The summed E-state index contributed by atoms with van der Waals surface area (Å²) in [5.41, 5.74) is 14.0. The number of rotatable bonds is 3. The highest BCUT2D eigenvalue weighted by atomic mass is 15.1. The van der Waals surface area contributed by atoms with Gasteiger partial charge >= 0.3 is 0 Å². The Morgan fingerprint density at radius 2 is 1.00 bits per heavy atom. The van der Waals surface area contributed by atoms with Crippen LogP contribution in [0.15, 0.2) is 158 Å². The van der Waals surface area contributed by atoms with Gasteiger partial charge in [-0.05, 0) is 51.6 Å². The van der Waals surface area contributed by atoms with Crippen LogP contribution in [0.3, 0.4) is 0 Å². The van der Waals surface area contributed by atoms with Crippen molar-refractivity contribution in [2.45, 2.75) is 5.41 Å². The van der Waals surface area contributed by atoms with Crippen molar-refractivity contribution in [3.63, 3.8) is 0 Å². The van der Waals surface area contributed by atoms with Crippen LogP contribution in [0.1, 0.15) is 22.3 Å². The molecule has 0 saturated heterocycles. The molecule has 2 aromatic heterocycles. The minimum absolute atomic E-state index is 0.466. The van der Waals surface area contributed by atoms with E-state index in [1.165, 1.54) is 33.4 Å². The van der Waals surface area contributed by atoms with Crippen molar-refractivity contribution in [1.82, 2.24) is 19.5 Å². The van der Waals surface area contributed by atoms with Crippen molar-refractivity contribution in [3.05, 3.63) is 180 Å². The molecule has 0 amide bonds. The van der Waals surface area contributed by atoms with Crippen molar-refractivity contribution in [2.75, 3.05) is 0 Å². The fraction of sp³-hybridized carbons (Fsp3) is 0.0238. The van der Waals surface area contributed by atoms with Gasteiger partial charge < -0.3 is 0 Å². The summed E-state index contributed by atoms with van der Waals surface area (Å²) in [6, 6.07) is 55.8. The first-order valence-electron chi connectivity index (χ1n) is 15.6. The summed E-state index contributed by atoms with van der Waals surface area (Å²) in [6.45, 7) is 0. The third kappa shape index (κ3) is 3.30. The number of hydrogen-bond acceptors (Lipinski definition) is 3. The SMILES string of the molecule is c1ccc(-c2cc(-c3nc4cccc5c4n3-c3ccccc3C53c4ccccc4-c4ccccc43)nc(-c3ccccc3)n2)cc1. The van der Waals surface area contributed by atoms with Gasteiger partial charge in [-0.25, -0.2) is 15.0 Å². The molecule has 3 heterocycles. The molecule has 4 nitrogen and oxygen atoms in total. The summed E-state index contributed by atoms with van der Waals surface area (Å²) in [7, 11) is 0.